The van der Waals surface area contributed by atoms with Gasteiger partial charge in [-0.05, 0) is 53.4 Å². The smallest absolute Gasteiger partial charge is 0.252 e. The summed E-state index contributed by atoms with van der Waals surface area (Å²) in [7, 11) is 0. The van der Waals surface area contributed by atoms with Gasteiger partial charge in [-0.15, -0.1) is 0 Å². The maximum Gasteiger partial charge on any atom is 0.252 e. The molecule has 1 aliphatic rings. The van der Waals surface area contributed by atoms with Crippen LogP contribution >= 0.6 is 15.9 Å². The minimum absolute atomic E-state index is 0.0272. The minimum Gasteiger partial charge on any atom is -0.349 e. The number of aryl methyl sites for hydroxylation is 1. The molecule has 0 saturated heterocycles. The van der Waals surface area contributed by atoms with Crippen molar-refractivity contribution < 1.29 is 4.79 Å². The van der Waals surface area contributed by atoms with Crippen LogP contribution in [0.4, 0.5) is 0 Å². The van der Waals surface area contributed by atoms with Gasteiger partial charge >= 0.3 is 0 Å². The van der Waals surface area contributed by atoms with E-state index in [1.807, 2.05) is 25.1 Å². The van der Waals surface area contributed by atoms with Crippen molar-refractivity contribution in [2.45, 2.75) is 25.8 Å². The van der Waals surface area contributed by atoms with Crippen LogP contribution in [0.1, 0.15) is 28.8 Å². The van der Waals surface area contributed by atoms with Crippen molar-refractivity contribution in [2.24, 2.45) is 0 Å². The van der Waals surface area contributed by atoms with Gasteiger partial charge in [0.15, 0.2) is 0 Å². The number of carbonyl (C=O) groups excluding carboxylic acids is 1. The molecule has 0 spiro atoms. The first-order chi connectivity index (χ1) is 6.66. The van der Waals surface area contributed by atoms with Gasteiger partial charge in [-0.2, -0.15) is 0 Å². The van der Waals surface area contributed by atoms with E-state index in [4.69, 9.17) is 0 Å². The summed E-state index contributed by atoms with van der Waals surface area (Å²) in [6.45, 7) is 2.01. The van der Waals surface area contributed by atoms with Gasteiger partial charge in [0.25, 0.3) is 5.91 Å². The Morgan fingerprint density at radius 3 is 2.79 bits per heavy atom. The number of hydrogen-bond acceptors (Lipinski definition) is 1. The van der Waals surface area contributed by atoms with Gasteiger partial charge in [0.05, 0.1) is 5.56 Å². The Labute approximate surface area is 91.8 Å². The molecule has 74 valence electrons. The molecular weight excluding hydrogens is 242 g/mol. The molecule has 1 aromatic rings. The first kappa shape index (κ1) is 9.71. The van der Waals surface area contributed by atoms with Crippen molar-refractivity contribution >= 4 is 21.8 Å². The summed E-state index contributed by atoms with van der Waals surface area (Å²) in [5, 5.41) is 2.96. The number of amides is 1. The van der Waals surface area contributed by atoms with Crippen LogP contribution in [0.25, 0.3) is 0 Å². The van der Waals surface area contributed by atoms with E-state index in [2.05, 4.69) is 21.2 Å². The fourth-order valence-electron chi connectivity index (χ4n) is 1.30. The Balaban J connectivity index is 2.17. The molecule has 1 N–H and O–H groups in total. The zero-order valence-corrected chi connectivity index (χ0v) is 9.60. The molecule has 14 heavy (non-hydrogen) atoms. The molecule has 0 radical (unpaired) electrons. The van der Waals surface area contributed by atoms with E-state index >= 15 is 0 Å². The van der Waals surface area contributed by atoms with Gasteiger partial charge in [-0.25, -0.2) is 0 Å². The average molecular weight is 254 g/mol. The lowest BCUT2D eigenvalue weighted by Gasteiger charge is -2.05. The van der Waals surface area contributed by atoms with Crippen molar-refractivity contribution in [3.63, 3.8) is 0 Å². The second-order valence-electron chi connectivity index (χ2n) is 3.73. The molecule has 0 aromatic heterocycles. The van der Waals surface area contributed by atoms with Crippen LogP contribution in [0.3, 0.4) is 0 Å². The number of nitrogens with one attached hydrogen (secondary N) is 1. The highest BCUT2D eigenvalue weighted by Gasteiger charge is 2.24. The van der Waals surface area contributed by atoms with Crippen molar-refractivity contribution in [3.8, 4) is 0 Å². The summed E-state index contributed by atoms with van der Waals surface area (Å²) < 4.78 is 0.871. The molecule has 0 bridgehead atoms. The molecule has 0 heterocycles. The molecule has 2 nitrogen and oxygen atoms in total. The van der Waals surface area contributed by atoms with Crippen LogP contribution in [-0.4, -0.2) is 11.9 Å². The largest absolute Gasteiger partial charge is 0.349 e. The normalized spacial score (nSPS) is 15.3. The third kappa shape index (κ3) is 2.15. The van der Waals surface area contributed by atoms with E-state index in [9.17, 15) is 4.79 Å². The third-order valence-electron chi connectivity index (χ3n) is 2.28. The lowest BCUT2D eigenvalue weighted by Crippen LogP contribution is -2.25. The summed E-state index contributed by atoms with van der Waals surface area (Å²) in [5.74, 6) is 0.0272. The van der Waals surface area contributed by atoms with Gasteiger partial charge in [-0.3, -0.25) is 4.79 Å². The van der Waals surface area contributed by atoms with Crippen LogP contribution in [0, 0.1) is 6.92 Å². The molecule has 0 unspecified atom stereocenters. The third-order valence-corrected chi connectivity index (χ3v) is 2.94. The maximum absolute atomic E-state index is 11.7. The number of rotatable bonds is 2. The van der Waals surface area contributed by atoms with E-state index in [-0.39, 0.29) is 5.91 Å². The highest BCUT2D eigenvalue weighted by molar-refractivity contribution is 9.10. The Morgan fingerprint density at radius 1 is 1.50 bits per heavy atom. The van der Waals surface area contributed by atoms with Gasteiger partial charge < -0.3 is 5.32 Å². The Hall–Kier alpha value is -0.830. The number of benzene rings is 1. The lowest BCUT2D eigenvalue weighted by molar-refractivity contribution is 0.0950. The molecule has 0 aliphatic heterocycles. The van der Waals surface area contributed by atoms with E-state index < -0.39 is 0 Å². The monoisotopic (exact) mass is 253 g/mol. The highest BCUT2D eigenvalue weighted by Crippen LogP contribution is 2.22. The molecular formula is C11H12BrNO. The summed E-state index contributed by atoms with van der Waals surface area (Å²) in [6, 6.07) is 6.18. The van der Waals surface area contributed by atoms with E-state index in [0.29, 0.717) is 6.04 Å². The first-order valence-electron chi connectivity index (χ1n) is 4.74. The lowest BCUT2D eigenvalue weighted by atomic mass is 10.1. The number of halogens is 1. The fourth-order valence-corrected chi connectivity index (χ4v) is 1.97. The molecule has 1 amide bonds. The molecule has 0 atom stereocenters. The minimum atomic E-state index is 0.0272. The summed E-state index contributed by atoms with van der Waals surface area (Å²) in [4.78, 5) is 11.7. The van der Waals surface area contributed by atoms with Crippen molar-refractivity contribution in [1.29, 1.82) is 0 Å². The van der Waals surface area contributed by atoms with Crippen LogP contribution in [-0.2, 0) is 0 Å². The fraction of sp³-hybridized carbons (Fsp3) is 0.364. The van der Waals surface area contributed by atoms with Crippen molar-refractivity contribution in [1.82, 2.24) is 5.32 Å². The Morgan fingerprint density at radius 2 is 2.21 bits per heavy atom. The molecule has 3 heteroatoms. The zero-order chi connectivity index (χ0) is 10.1. The summed E-state index contributed by atoms with van der Waals surface area (Å²) in [5.41, 5.74) is 1.88. The Kier molecular flexibility index (Phi) is 2.59. The van der Waals surface area contributed by atoms with E-state index in [0.717, 1.165) is 28.4 Å². The van der Waals surface area contributed by atoms with Gasteiger partial charge in [0.1, 0.15) is 0 Å². The van der Waals surface area contributed by atoms with Crippen LogP contribution in [0.15, 0.2) is 22.7 Å². The topological polar surface area (TPSA) is 29.1 Å². The van der Waals surface area contributed by atoms with Crippen molar-refractivity contribution in [2.75, 3.05) is 0 Å². The second kappa shape index (κ2) is 3.73. The average Bonchev–Trinajstić information content (AvgIpc) is 2.87. The van der Waals surface area contributed by atoms with Crippen LogP contribution < -0.4 is 5.32 Å². The van der Waals surface area contributed by atoms with Gasteiger partial charge in [0, 0.05) is 10.5 Å². The van der Waals surface area contributed by atoms with Gasteiger partial charge in [-0.1, -0.05) is 6.07 Å². The zero-order valence-electron chi connectivity index (χ0n) is 8.01. The SMILES string of the molecule is Cc1ccc(C(=O)NC2CC2)c(Br)c1. The summed E-state index contributed by atoms with van der Waals surface area (Å²) in [6.07, 6.45) is 2.24. The van der Waals surface area contributed by atoms with Crippen molar-refractivity contribution in [3.05, 3.63) is 33.8 Å². The van der Waals surface area contributed by atoms with Crippen LogP contribution in [0.2, 0.25) is 0 Å². The Bertz CT molecular complexity index is 372. The van der Waals surface area contributed by atoms with E-state index in [1.165, 1.54) is 0 Å². The number of hydrogen-bond donors (Lipinski definition) is 1. The number of carbonyl (C=O) groups is 1. The molecule has 1 aromatic carbocycles. The first-order valence-corrected chi connectivity index (χ1v) is 5.53. The second-order valence-corrected chi connectivity index (χ2v) is 4.59. The molecule has 1 fully saturated rings. The predicted octanol–water partition coefficient (Wildman–Crippen LogP) is 2.65. The van der Waals surface area contributed by atoms with Crippen LogP contribution in [0.5, 0.6) is 0 Å². The molecule has 2 rings (SSSR count). The molecule has 1 saturated carbocycles. The summed E-state index contributed by atoms with van der Waals surface area (Å²) >= 11 is 3.40. The predicted molar refractivity (Wildman–Crippen MR) is 59.4 cm³/mol. The van der Waals surface area contributed by atoms with Gasteiger partial charge in [0.2, 0.25) is 0 Å². The quantitative estimate of drug-likeness (QED) is 0.863. The van der Waals surface area contributed by atoms with E-state index in [1.54, 1.807) is 0 Å². The highest BCUT2D eigenvalue weighted by atomic mass is 79.9. The molecule has 1 aliphatic carbocycles. The standard InChI is InChI=1S/C11H12BrNO/c1-7-2-5-9(10(12)6-7)11(14)13-8-3-4-8/h2,5-6,8H,3-4H2,1H3,(H,13,14). The maximum atomic E-state index is 11.7.